The van der Waals surface area contributed by atoms with E-state index < -0.39 is 5.56 Å². The molecule has 0 aliphatic heterocycles. The van der Waals surface area contributed by atoms with Crippen LogP contribution in [-0.2, 0) is 0 Å². The molecule has 0 bridgehead atoms. The highest BCUT2D eigenvalue weighted by molar-refractivity contribution is 7.71. The van der Waals surface area contributed by atoms with Gasteiger partial charge in [-0.1, -0.05) is 54.1 Å². The van der Waals surface area contributed by atoms with Gasteiger partial charge < -0.3 is 5.11 Å². The normalized spacial score (nSPS) is 11.2. The molecule has 0 atom stereocenters. The first-order chi connectivity index (χ1) is 15.0. The van der Waals surface area contributed by atoms with E-state index >= 15 is 0 Å². The molecular weight excluding hydrogens is 408 g/mol. The maximum Gasteiger partial charge on any atom is 0.290 e. The number of aromatic nitrogens is 2. The van der Waals surface area contributed by atoms with Crippen LogP contribution in [0.5, 0.6) is 5.88 Å². The quantitative estimate of drug-likeness (QED) is 0.315. The van der Waals surface area contributed by atoms with Gasteiger partial charge in [0.1, 0.15) is 0 Å². The molecule has 3 aromatic carbocycles. The SMILES string of the molecule is Cc1ccc(N=Nc2c(O)n(-c3ccccc3C)c(=S)n(-c3ccccc3)c2=O)cc1. The molecule has 31 heavy (non-hydrogen) atoms. The third-order valence-electron chi connectivity index (χ3n) is 4.88. The molecule has 1 heterocycles. The first-order valence-corrected chi connectivity index (χ1v) is 10.1. The summed E-state index contributed by atoms with van der Waals surface area (Å²) in [6.45, 7) is 3.88. The molecule has 0 saturated heterocycles. The number of para-hydroxylation sites is 2. The van der Waals surface area contributed by atoms with Crippen LogP contribution in [0.15, 0.2) is 93.9 Å². The van der Waals surface area contributed by atoms with E-state index in [-0.39, 0.29) is 16.3 Å². The summed E-state index contributed by atoms with van der Waals surface area (Å²) in [5, 5.41) is 19.3. The fraction of sp³-hybridized carbons (Fsp3) is 0.0833. The number of benzene rings is 3. The maximum atomic E-state index is 13.3. The van der Waals surface area contributed by atoms with Crippen molar-refractivity contribution in [2.75, 3.05) is 0 Å². The largest absolute Gasteiger partial charge is 0.492 e. The van der Waals surface area contributed by atoms with Gasteiger partial charge in [-0.25, -0.2) is 0 Å². The maximum absolute atomic E-state index is 13.3. The van der Waals surface area contributed by atoms with Gasteiger partial charge in [-0.05, 0) is 62.0 Å². The highest BCUT2D eigenvalue weighted by atomic mass is 32.1. The predicted octanol–water partition coefficient (Wildman–Crippen LogP) is 6.10. The molecule has 7 heteroatoms. The van der Waals surface area contributed by atoms with Crippen molar-refractivity contribution >= 4 is 23.6 Å². The first-order valence-electron chi connectivity index (χ1n) is 9.68. The van der Waals surface area contributed by atoms with Crippen molar-refractivity contribution in [2.24, 2.45) is 10.2 Å². The first kappa shape index (κ1) is 20.4. The Hall–Kier alpha value is -3.84. The van der Waals surface area contributed by atoms with Gasteiger partial charge in [-0.2, -0.15) is 5.11 Å². The van der Waals surface area contributed by atoms with Crippen molar-refractivity contribution < 1.29 is 5.11 Å². The number of nitrogens with zero attached hydrogens (tertiary/aromatic N) is 4. The van der Waals surface area contributed by atoms with E-state index in [0.29, 0.717) is 17.1 Å². The molecule has 6 nitrogen and oxygen atoms in total. The Kier molecular flexibility index (Phi) is 5.60. The molecule has 0 radical (unpaired) electrons. The zero-order valence-electron chi connectivity index (χ0n) is 17.1. The molecular formula is C24H20N4O2S. The Labute approximate surface area is 184 Å². The second-order valence-electron chi connectivity index (χ2n) is 7.09. The lowest BCUT2D eigenvalue weighted by Gasteiger charge is -2.17. The van der Waals surface area contributed by atoms with Crippen LogP contribution in [0.4, 0.5) is 11.4 Å². The van der Waals surface area contributed by atoms with E-state index in [1.807, 2.05) is 68.4 Å². The average molecular weight is 429 g/mol. The summed E-state index contributed by atoms with van der Waals surface area (Å²) in [6.07, 6.45) is 0. The number of rotatable bonds is 4. The van der Waals surface area contributed by atoms with Crippen molar-refractivity contribution in [3.05, 3.63) is 105 Å². The smallest absolute Gasteiger partial charge is 0.290 e. The van der Waals surface area contributed by atoms with Gasteiger partial charge in [0, 0.05) is 0 Å². The average Bonchev–Trinajstić information content (AvgIpc) is 2.77. The lowest BCUT2D eigenvalue weighted by molar-refractivity contribution is 0.432. The summed E-state index contributed by atoms with van der Waals surface area (Å²) < 4.78 is 2.94. The van der Waals surface area contributed by atoms with Gasteiger partial charge in [0.25, 0.3) is 5.56 Å². The van der Waals surface area contributed by atoms with Crippen molar-refractivity contribution in [1.82, 2.24) is 9.13 Å². The summed E-state index contributed by atoms with van der Waals surface area (Å²) in [6, 6.07) is 23.9. The van der Waals surface area contributed by atoms with Gasteiger partial charge >= 0.3 is 0 Å². The minimum Gasteiger partial charge on any atom is -0.492 e. The lowest BCUT2D eigenvalue weighted by Crippen LogP contribution is -2.23. The number of hydrogen-bond donors (Lipinski definition) is 1. The minimum atomic E-state index is -0.547. The Morgan fingerprint density at radius 3 is 2.13 bits per heavy atom. The minimum absolute atomic E-state index is 0.136. The summed E-state index contributed by atoms with van der Waals surface area (Å²) in [5.41, 5.74) is 3.03. The third-order valence-corrected chi connectivity index (χ3v) is 5.25. The van der Waals surface area contributed by atoms with Gasteiger partial charge in [-0.3, -0.25) is 13.9 Å². The van der Waals surface area contributed by atoms with E-state index in [1.165, 1.54) is 9.13 Å². The van der Waals surface area contributed by atoms with Crippen LogP contribution in [0.1, 0.15) is 11.1 Å². The van der Waals surface area contributed by atoms with Crippen LogP contribution < -0.4 is 5.56 Å². The van der Waals surface area contributed by atoms with Crippen molar-refractivity contribution in [1.29, 1.82) is 0 Å². The van der Waals surface area contributed by atoms with E-state index in [1.54, 1.807) is 24.3 Å². The molecule has 0 aliphatic rings. The molecule has 1 N–H and O–H groups in total. The Balaban J connectivity index is 2.02. The second kappa shape index (κ2) is 8.49. The number of hydrogen-bond acceptors (Lipinski definition) is 5. The van der Waals surface area contributed by atoms with Crippen LogP contribution in [0.3, 0.4) is 0 Å². The standard InChI is InChI=1S/C24H20N4O2S/c1-16-12-14-18(15-13-16)25-26-21-22(29)27(19-9-4-3-5-10-19)24(31)28(23(21)30)20-11-7-6-8-17(20)2/h3-15,30H,1-2H3. The van der Waals surface area contributed by atoms with Gasteiger partial charge in [0.05, 0.1) is 17.1 Å². The molecule has 0 unspecified atom stereocenters. The monoisotopic (exact) mass is 428 g/mol. The van der Waals surface area contributed by atoms with Crippen molar-refractivity contribution in [2.45, 2.75) is 13.8 Å². The zero-order chi connectivity index (χ0) is 22.0. The molecule has 0 saturated carbocycles. The molecule has 1 aromatic heterocycles. The fourth-order valence-corrected chi connectivity index (χ4v) is 3.60. The topological polar surface area (TPSA) is 71.9 Å². The van der Waals surface area contributed by atoms with Crippen molar-refractivity contribution in [3.63, 3.8) is 0 Å². The molecule has 0 spiro atoms. The molecule has 0 fully saturated rings. The molecule has 0 amide bonds. The third kappa shape index (κ3) is 3.95. The van der Waals surface area contributed by atoms with E-state index in [2.05, 4.69) is 10.2 Å². The Bertz CT molecular complexity index is 1390. The summed E-state index contributed by atoms with van der Waals surface area (Å²) in [4.78, 5) is 13.3. The Morgan fingerprint density at radius 1 is 0.806 bits per heavy atom. The zero-order valence-corrected chi connectivity index (χ0v) is 17.9. The second-order valence-corrected chi connectivity index (χ2v) is 7.45. The number of aromatic hydroxyl groups is 1. The van der Waals surface area contributed by atoms with Crippen molar-refractivity contribution in [3.8, 4) is 17.3 Å². The van der Waals surface area contributed by atoms with Crippen LogP contribution in [0, 0.1) is 18.6 Å². The fourth-order valence-electron chi connectivity index (χ4n) is 3.23. The Morgan fingerprint density at radius 2 is 1.45 bits per heavy atom. The van der Waals surface area contributed by atoms with Gasteiger partial charge in [-0.15, -0.1) is 5.11 Å². The van der Waals surface area contributed by atoms with Crippen LogP contribution >= 0.6 is 12.2 Å². The van der Waals surface area contributed by atoms with E-state index in [4.69, 9.17) is 12.2 Å². The van der Waals surface area contributed by atoms with E-state index in [9.17, 15) is 9.90 Å². The highest BCUT2D eigenvalue weighted by Gasteiger charge is 2.20. The highest BCUT2D eigenvalue weighted by Crippen LogP contribution is 2.30. The summed E-state index contributed by atoms with van der Waals surface area (Å²) in [7, 11) is 0. The van der Waals surface area contributed by atoms with Crippen LogP contribution in [0.2, 0.25) is 0 Å². The number of azo groups is 1. The van der Waals surface area contributed by atoms with Gasteiger partial charge in [0.2, 0.25) is 11.6 Å². The van der Waals surface area contributed by atoms with Gasteiger partial charge in [0.15, 0.2) is 4.77 Å². The van der Waals surface area contributed by atoms with Crippen LogP contribution in [0.25, 0.3) is 11.4 Å². The molecule has 4 aromatic rings. The van der Waals surface area contributed by atoms with E-state index in [0.717, 1.165) is 11.1 Å². The lowest BCUT2D eigenvalue weighted by atomic mass is 10.2. The molecule has 0 aliphatic carbocycles. The molecule has 154 valence electrons. The number of aryl methyl sites for hydroxylation is 2. The summed E-state index contributed by atoms with van der Waals surface area (Å²) in [5.74, 6) is -0.354. The predicted molar refractivity (Wildman–Crippen MR) is 124 cm³/mol. The molecule has 4 rings (SSSR count). The van der Waals surface area contributed by atoms with Crippen LogP contribution in [-0.4, -0.2) is 14.2 Å². The summed E-state index contributed by atoms with van der Waals surface area (Å²) >= 11 is 5.64.